The van der Waals surface area contributed by atoms with Gasteiger partial charge in [0.15, 0.2) is 0 Å². The molecule has 1 nitrogen and oxygen atoms in total. The van der Waals surface area contributed by atoms with Crippen molar-refractivity contribution in [3.8, 4) is 0 Å². The zero-order valence-corrected chi connectivity index (χ0v) is 9.94. The van der Waals surface area contributed by atoms with Gasteiger partial charge in [0.25, 0.3) is 0 Å². The molecule has 84 valence electrons. The SMILES string of the molecule is CCCCC(N)c1cc(C)c(F)cc1Cl. The van der Waals surface area contributed by atoms with Gasteiger partial charge in [0.1, 0.15) is 5.82 Å². The van der Waals surface area contributed by atoms with E-state index in [4.69, 9.17) is 17.3 Å². The number of unbranched alkanes of at least 4 members (excludes halogenated alkanes) is 1. The first-order valence-corrected chi connectivity index (χ1v) is 5.65. The molecule has 15 heavy (non-hydrogen) atoms. The Kier molecular flexibility index (Phi) is 4.55. The van der Waals surface area contributed by atoms with Crippen LogP contribution in [-0.2, 0) is 0 Å². The zero-order chi connectivity index (χ0) is 11.4. The minimum atomic E-state index is -0.272. The van der Waals surface area contributed by atoms with Crippen LogP contribution in [0.5, 0.6) is 0 Å². The second-order valence-electron chi connectivity index (χ2n) is 3.87. The standard InChI is InChI=1S/C12H17ClFN/c1-3-4-5-12(15)9-6-8(2)11(14)7-10(9)13/h6-7,12H,3-5,15H2,1-2H3. The van der Waals surface area contributed by atoms with Crippen molar-refractivity contribution < 1.29 is 4.39 Å². The van der Waals surface area contributed by atoms with Crippen LogP contribution in [0, 0.1) is 12.7 Å². The Balaban J connectivity index is 2.88. The van der Waals surface area contributed by atoms with Gasteiger partial charge in [-0.2, -0.15) is 0 Å². The summed E-state index contributed by atoms with van der Waals surface area (Å²) in [7, 11) is 0. The number of rotatable bonds is 4. The van der Waals surface area contributed by atoms with Gasteiger partial charge in [-0.15, -0.1) is 0 Å². The Morgan fingerprint density at radius 1 is 1.47 bits per heavy atom. The maximum Gasteiger partial charge on any atom is 0.127 e. The molecule has 1 aromatic carbocycles. The van der Waals surface area contributed by atoms with E-state index in [-0.39, 0.29) is 11.9 Å². The molecule has 0 saturated heterocycles. The third-order valence-electron chi connectivity index (χ3n) is 2.55. The van der Waals surface area contributed by atoms with Gasteiger partial charge in [0.05, 0.1) is 0 Å². The van der Waals surface area contributed by atoms with Gasteiger partial charge in [-0.3, -0.25) is 0 Å². The van der Waals surface area contributed by atoms with E-state index < -0.39 is 0 Å². The second kappa shape index (κ2) is 5.47. The molecule has 0 aliphatic heterocycles. The van der Waals surface area contributed by atoms with Crippen molar-refractivity contribution in [3.63, 3.8) is 0 Å². The molecule has 0 aliphatic carbocycles. The van der Waals surface area contributed by atoms with Crippen molar-refractivity contribution >= 4 is 11.6 Å². The number of halogens is 2. The normalized spacial score (nSPS) is 12.9. The summed E-state index contributed by atoms with van der Waals surface area (Å²) >= 11 is 5.96. The van der Waals surface area contributed by atoms with Crippen molar-refractivity contribution in [2.75, 3.05) is 0 Å². The third-order valence-corrected chi connectivity index (χ3v) is 2.87. The molecule has 0 heterocycles. The first-order valence-electron chi connectivity index (χ1n) is 5.27. The number of nitrogens with two attached hydrogens (primary N) is 1. The molecule has 1 atom stereocenters. The Bertz CT molecular complexity index is 339. The molecule has 0 aromatic heterocycles. The Labute approximate surface area is 95.4 Å². The highest BCUT2D eigenvalue weighted by Gasteiger charge is 2.12. The largest absolute Gasteiger partial charge is 0.324 e. The lowest BCUT2D eigenvalue weighted by Crippen LogP contribution is -2.11. The maximum absolute atomic E-state index is 13.1. The van der Waals surface area contributed by atoms with Crippen LogP contribution >= 0.6 is 11.6 Å². The van der Waals surface area contributed by atoms with E-state index in [2.05, 4.69) is 6.92 Å². The average Bonchev–Trinajstić information content (AvgIpc) is 2.20. The number of hydrogen-bond donors (Lipinski definition) is 1. The molecule has 0 radical (unpaired) electrons. The first kappa shape index (κ1) is 12.5. The summed E-state index contributed by atoms with van der Waals surface area (Å²) in [5.41, 5.74) is 7.44. The smallest absolute Gasteiger partial charge is 0.127 e. The molecular weight excluding hydrogens is 213 g/mol. The van der Waals surface area contributed by atoms with Gasteiger partial charge >= 0.3 is 0 Å². The Morgan fingerprint density at radius 2 is 2.13 bits per heavy atom. The molecule has 2 N–H and O–H groups in total. The Hall–Kier alpha value is -0.600. The molecule has 0 fully saturated rings. The van der Waals surface area contributed by atoms with Crippen LogP contribution in [0.1, 0.15) is 43.4 Å². The second-order valence-corrected chi connectivity index (χ2v) is 4.28. The lowest BCUT2D eigenvalue weighted by Gasteiger charge is -2.14. The minimum absolute atomic E-state index is 0.0863. The van der Waals surface area contributed by atoms with Gasteiger partial charge in [-0.1, -0.05) is 37.4 Å². The van der Waals surface area contributed by atoms with Gasteiger partial charge in [-0.05, 0) is 30.5 Å². The monoisotopic (exact) mass is 229 g/mol. The fourth-order valence-electron chi connectivity index (χ4n) is 1.54. The lowest BCUT2D eigenvalue weighted by atomic mass is 10.00. The van der Waals surface area contributed by atoms with Crippen molar-refractivity contribution in [2.24, 2.45) is 5.73 Å². The van der Waals surface area contributed by atoms with Gasteiger partial charge in [0, 0.05) is 11.1 Å². The van der Waals surface area contributed by atoms with E-state index in [1.807, 2.05) is 0 Å². The predicted octanol–water partition coefficient (Wildman–Crippen LogP) is 3.98. The van der Waals surface area contributed by atoms with Crippen molar-refractivity contribution in [3.05, 3.63) is 34.1 Å². The number of benzene rings is 1. The third kappa shape index (κ3) is 3.18. The lowest BCUT2D eigenvalue weighted by molar-refractivity contribution is 0.593. The summed E-state index contributed by atoms with van der Waals surface area (Å²) in [5.74, 6) is -0.272. The van der Waals surface area contributed by atoms with Crippen LogP contribution in [0.2, 0.25) is 5.02 Å². The highest BCUT2D eigenvalue weighted by molar-refractivity contribution is 6.31. The molecule has 0 saturated carbocycles. The van der Waals surface area contributed by atoms with E-state index in [1.165, 1.54) is 6.07 Å². The molecule has 3 heteroatoms. The predicted molar refractivity (Wildman–Crippen MR) is 62.6 cm³/mol. The zero-order valence-electron chi connectivity index (χ0n) is 9.19. The van der Waals surface area contributed by atoms with Crippen LogP contribution < -0.4 is 5.73 Å². The molecule has 1 unspecified atom stereocenters. The molecule has 0 spiro atoms. The molecule has 0 amide bonds. The van der Waals surface area contributed by atoms with E-state index in [9.17, 15) is 4.39 Å². The van der Waals surface area contributed by atoms with Gasteiger partial charge in [-0.25, -0.2) is 4.39 Å². The highest BCUT2D eigenvalue weighted by Crippen LogP contribution is 2.27. The van der Waals surface area contributed by atoms with Crippen LogP contribution in [0.25, 0.3) is 0 Å². The van der Waals surface area contributed by atoms with Gasteiger partial charge in [0.2, 0.25) is 0 Å². The molecule has 1 aromatic rings. The maximum atomic E-state index is 13.1. The number of hydrogen-bond acceptors (Lipinski definition) is 1. The van der Waals surface area contributed by atoms with Gasteiger partial charge < -0.3 is 5.73 Å². The quantitative estimate of drug-likeness (QED) is 0.831. The summed E-state index contributed by atoms with van der Waals surface area (Å²) in [6.07, 6.45) is 3.06. The van der Waals surface area contributed by atoms with E-state index >= 15 is 0 Å². The van der Waals surface area contributed by atoms with Crippen LogP contribution in [-0.4, -0.2) is 0 Å². The van der Waals surface area contributed by atoms with Crippen LogP contribution in [0.3, 0.4) is 0 Å². The summed E-state index contributed by atoms with van der Waals surface area (Å²) < 4.78 is 13.1. The molecule has 0 aliphatic rings. The molecule has 0 bridgehead atoms. The van der Waals surface area contributed by atoms with Crippen molar-refractivity contribution in [1.29, 1.82) is 0 Å². The number of aryl methyl sites for hydroxylation is 1. The van der Waals surface area contributed by atoms with Crippen molar-refractivity contribution in [1.82, 2.24) is 0 Å². The Morgan fingerprint density at radius 3 is 2.73 bits per heavy atom. The minimum Gasteiger partial charge on any atom is -0.324 e. The average molecular weight is 230 g/mol. The van der Waals surface area contributed by atoms with E-state index in [0.29, 0.717) is 10.6 Å². The fraction of sp³-hybridized carbons (Fsp3) is 0.500. The highest BCUT2D eigenvalue weighted by atomic mass is 35.5. The summed E-state index contributed by atoms with van der Waals surface area (Å²) in [4.78, 5) is 0. The van der Waals surface area contributed by atoms with E-state index in [1.54, 1.807) is 13.0 Å². The molecular formula is C12H17ClFN. The topological polar surface area (TPSA) is 26.0 Å². The van der Waals surface area contributed by atoms with Crippen LogP contribution in [0.4, 0.5) is 4.39 Å². The summed E-state index contributed by atoms with van der Waals surface area (Å²) in [6, 6.07) is 3.01. The molecule has 1 rings (SSSR count). The van der Waals surface area contributed by atoms with Crippen LogP contribution in [0.15, 0.2) is 12.1 Å². The fourth-order valence-corrected chi connectivity index (χ4v) is 1.83. The van der Waals surface area contributed by atoms with Crippen molar-refractivity contribution in [2.45, 2.75) is 39.2 Å². The van der Waals surface area contributed by atoms with E-state index in [0.717, 1.165) is 24.8 Å². The summed E-state index contributed by atoms with van der Waals surface area (Å²) in [5, 5.41) is 0.432. The first-order chi connectivity index (χ1) is 7.06. The summed E-state index contributed by atoms with van der Waals surface area (Å²) in [6.45, 7) is 3.84.